The summed E-state index contributed by atoms with van der Waals surface area (Å²) >= 11 is 0. The van der Waals surface area contributed by atoms with Crippen LogP contribution in [0.4, 0.5) is 0 Å². The number of hydrogen-bond donors (Lipinski definition) is 1. The van der Waals surface area contributed by atoms with Crippen molar-refractivity contribution in [3.63, 3.8) is 0 Å². The molecule has 0 spiro atoms. The molecular weight excluding hydrogens is 272 g/mol. The van der Waals surface area contributed by atoms with Crippen LogP contribution in [0.15, 0.2) is 18.2 Å². The van der Waals surface area contributed by atoms with E-state index in [0.29, 0.717) is 12.5 Å². The first-order valence-electron chi connectivity index (χ1n) is 7.13. The van der Waals surface area contributed by atoms with E-state index in [2.05, 4.69) is 6.92 Å². The highest BCUT2D eigenvalue weighted by Crippen LogP contribution is 2.25. The zero-order valence-electron chi connectivity index (χ0n) is 12.6. The van der Waals surface area contributed by atoms with E-state index in [0.717, 1.165) is 24.1 Å². The van der Waals surface area contributed by atoms with Gasteiger partial charge in [0.05, 0.1) is 0 Å². The van der Waals surface area contributed by atoms with Crippen molar-refractivity contribution in [2.24, 2.45) is 11.7 Å². The molecule has 112 valence electrons. The van der Waals surface area contributed by atoms with Gasteiger partial charge in [-0.25, -0.2) is 0 Å². The van der Waals surface area contributed by atoms with Crippen LogP contribution in [0, 0.1) is 19.8 Å². The van der Waals surface area contributed by atoms with Crippen molar-refractivity contribution in [2.45, 2.75) is 39.7 Å². The van der Waals surface area contributed by atoms with Crippen molar-refractivity contribution >= 4 is 18.3 Å². The third-order valence-electron chi connectivity index (χ3n) is 4.45. The number of nitrogens with zero attached hydrogens (tertiary/aromatic N) is 1. The Morgan fingerprint density at radius 2 is 2.10 bits per heavy atom. The lowest BCUT2D eigenvalue weighted by atomic mass is 9.89. The number of nitrogens with two attached hydrogens (primary N) is 1. The van der Waals surface area contributed by atoms with Gasteiger partial charge in [-0.2, -0.15) is 0 Å². The average molecular weight is 297 g/mol. The lowest BCUT2D eigenvalue weighted by Crippen LogP contribution is -2.51. The number of piperidine rings is 1. The quantitative estimate of drug-likeness (QED) is 0.912. The molecule has 20 heavy (non-hydrogen) atoms. The zero-order chi connectivity index (χ0) is 14.0. The van der Waals surface area contributed by atoms with Crippen LogP contribution < -0.4 is 5.73 Å². The molecule has 1 aliphatic heterocycles. The second-order valence-electron chi connectivity index (χ2n) is 5.67. The minimum absolute atomic E-state index is 0. The molecule has 1 aliphatic rings. The Kier molecular flexibility index (Phi) is 6.03. The van der Waals surface area contributed by atoms with Crippen LogP contribution in [0.25, 0.3) is 0 Å². The maximum atomic E-state index is 12.8. The van der Waals surface area contributed by atoms with Gasteiger partial charge in [0, 0.05) is 24.7 Å². The predicted molar refractivity (Wildman–Crippen MR) is 85.4 cm³/mol. The van der Waals surface area contributed by atoms with Gasteiger partial charge in [-0.1, -0.05) is 19.1 Å². The first kappa shape index (κ1) is 17.0. The molecule has 2 rings (SSSR count). The van der Waals surface area contributed by atoms with E-state index >= 15 is 0 Å². The molecule has 2 unspecified atom stereocenters. The first-order valence-corrected chi connectivity index (χ1v) is 7.13. The molecule has 1 heterocycles. The maximum absolute atomic E-state index is 12.8. The molecule has 0 radical (unpaired) electrons. The number of halogens is 1. The highest BCUT2D eigenvalue weighted by Gasteiger charge is 2.31. The van der Waals surface area contributed by atoms with Crippen LogP contribution in [0.3, 0.4) is 0 Å². The maximum Gasteiger partial charge on any atom is 0.254 e. The van der Waals surface area contributed by atoms with Gasteiger partial charge in [0.2, 0.25) is 0 Å². The summed E-state index contributed by atoms with van der Waals surface area (Å²) in [6.07, 6.45) is 2.24. The number of aryl methyl sites for hydroxylation is 1. The highest BCUT2D eigenvalue weighted by molar-refractivity contribution is 5.96. The molecule has 1 fully saturated rings. The van der Waals surface area contributed by atoms with Crippen LogP contribution >= 0.6 is 12.4 Å². The smallest absolute Gasteiger partial charge is 0.254 e. The first-order chi connectivity index (χ1) is 9.06. The van der Waals surface area contributed by atoms with Crippen LogP contribution in [0.5, 0.6) is 0 Å². The van der Waals surface area contributed by atoms with E-state index in [1.807, 2.05) is 36.9 Å². The second-order valence-corrected chi connectivity index (χ2v) is 5.67. The van der Waals surface area contributed by atoms with E-state index in [-0.39, 0.29) is 24.4 Å². The number of rotatable bonds is 2. The topological polar surface area (TPSA) is 46.3 Å². The fourth-order valence-corrected chi connectivity index (χ4v) is 3.00. The number of likely N-dealkylation sites (tertiary alicyclic amines) is 1. The van der Waals surface area contributed by atoms with Gasteiger partial charge >= 0.3 is 0 Å². The molecule has 0 aromatic heterocycles. The van der Waals surface area contributed by atoms with Crippen LogP contribution in [0.2, 0.25) is 0 Å². The summed E-state index contributed by atoms with van der Waals surface area (Å²) in [7, 11) is 0. The molecule has 1 saturated heterocycles. The van der Waals surface area contributed by atoms with Crippen LogP contribution in [-0.4, -0.2) is 29.9 Å². The van der Waals surface area contributed by atoms with Crippen molar-refractivity contribution in [3.8, 4) is 0 Å². The SMILES string of the molecule is Cc1cccc(C(=O)N2CCCC(C)C2CN)c1C.Cl. The van der Waals surface area contributed by atoms with Crippen molar-refractivity contribution in [2.75, 3.05) is 13.1 Å². The molecular formula is C16H25ClN2O. The van der Waals surface area contributed by atoms with E-state index in [9.17, 15) is 4.79 Å². The van der Waals surface area contributed by atoms with Gasteiger partial charge in [0.25, 0.3) is 5.91 Å². The van der Waals surface area contributed by atoms with Crippen molar-refractivity contribution in [1.29, 1.82) is 0 Å². The molecule has 1 amide bonds. The number of carbonyl (C=O) groups excluding carboxylic acids is 1. The van der Waals surface area contributed by atoms with Gasteiger partial charge < -0.3 is 10.6 Å². The molecule has 2 atom stereocenters. The van der Waals surface area contributed by atoms with Gasteiger partial charge in [-0.15, -0.1) is 12.4 Å². The van der Waals surface area contributed by atoms with E-state index in [4.69, 9.17) is 5.73 Å². The lowest BCUT2D eigenvalue weighted by molar-refractivity contribution is 0.0531. The van der Waals surface area contributed by atoms with Gasteiger partial charge in [0.1, 0.15) is 0 Å². The summed E-state index contributed by atoms with van der Waals surface area (Å²) in [5.41, 5.74) is 8.95. The summed E-state index contributed by atoms with van der Waals surface area (Å²) < 4.78 is 0. The third-order valence-corrected chi connectivity index (χ3v) is 4.45. The summed E-state index contributed by atoms with van der Waals surface area (Å²) in [6, 6.07) is 6.12. The van der Waals surface area contributed by atoms with Gasteiger partial charge in [0.15, 0.2) is 0 Å². The van der Waals surface area contributed by atoms with Gasteiger partial charge in [-0.05, 0) is 49.8 Å². The zero-order valence-corrected chi connectivity index (χ0v) is 13.4. The van der Waals surface area contributed by atoms with Crippen molar-refractivity contribution in [1.82, 2.24) is 4.90 Å². The Hall–Kier alpha value is -1.06. The summed E-state index contributed by atoms with van der Waals surface area (Å²) in [6.45, 7) is 7.65. The minimum atomic E-state index is 0. The van der Waals surface area contributed by atoms with E-state index < -0.39 is 0 Å². The molecule has 3 nitrogen and oxygen atoms in total. The Morgan fingerprint density at radius 3 is 2.75 bits per heavy atom. The molecule has 2 N–H and O–H groups in total. The summed E-state index contributed by atoms with van der Waals surface area (Å²) in [4.78, 5) is 14.7. The standard InChI is InChI=1S/C16H24N2O.ClH/c1-11-6-4-8-14(13(11)3)16(19)18-9-5-7-12(2)15(18)10-17;/h4,6,8,12,15H,5,7,9-10,17H2,1-3H3;1H. The molecule has 1 aromatic rings. The molecule has 0 saturated carbocycles. The number of benzene rings is 1. The fourth-order valence-electron chi connectivity index (χ4n) is 3.00. The summed E-state index contributed by atoms with van der Waals surface area (Å²) in [5, 5.41) is 0. The Labute approximate surface area is 127 Å². The third kappa shape index (κ3) is 3.15. The fraction of sp³-hybridized carbons (Fsp3) is 0.562. The largest absolute Gasteiger partial charge is 0.334 e. The molecule has 1 aromatic carbocycles. The summed E-state index contributed by atoms with van der Waals surface area (Å²) in [5.74, 6) is 0.635. The van der Waals surface area contributed by atoms with E-state index in [1.54, 1.807) is 0 Å². The number of amides is 1. The Balaban J connectivity index is 0.00000200. The normalized spacial score (nSPS) is 22.3. The molecule has 0 aliphatic carbocycles. The predicted octanol–water partition coefficient (Wildman–Crippen LogP) is 2.92. The monoisotopic (exact) mass is 296 g/mol. The van der Waals surface area contributed by atoms with E-state index in [1.165, 1.54) is 12.0 Å². The lowest BCUT2D eigenvalue weighted by Gasteiger charge is -2.39. The minimum Gasteiger partial charge on any atom is -0.334 e. The van der Waals surface area contributed by atoms with Crippen molar-refractivity contribution in [3.05, 3.63) is 34.9 Å². The Bertz CT molecular complexity index is 476. The van der Waals surface area contributed by atoms with Crippen LogP contribution in [0.1, 0.15) is 41.3 Å². The number of carbonyl (C=O) groups is 1. The van der Waals surface area contributed by atoms with Crippen LogP contribution in [-0.2, 0) is 0 Å². The van der Waals surface area contributed by atoms with Gasteiger partial charge in [-0.3, -0.25) is 4.79 Å². The second kappa shape index (κ2) is 7.09. The molecule has 0 bridgehead atoms. The Morgan fingerprint density at radius 1 is 1.40 bits per heavy atom. The average Bonchev–Trinajstić information content (AvgIpc) is 2.41. The van der Waals surface area contributed by atoms with Crippen molar-refractivity contribution < 1.29 is 4.79 Å². The highest BCUT2D eigenvalue weighted by atomic mass is 35.5. The molecule has 4 heteroatoms. The number of hydrogen-bond acceptors (Lipinski definition) is 2.